The number of carbonyl (C=O) groups is 2. The average Bonchev–Trinajstić information content (AvgIpc) is 3.78. The third-order valence-corrected chi connectivity index (χ3v) is 7.01. The predicted molar refractivity (Wildman–Crippen MR) is 152 cm³/mol. The molecule has 1 aliphatic carbocycles. The SMILES string of the molecule is Cc1ccc(-c2ccc3c(Oc4ccc(NC(=O)C5(C(=O)Nc6ccc(F)cc6)CC5)cc4)ccnc3c2)cn1. The Morgan fingerprint density at radius 1 is 0.800 bits per heavy atom. The summed E-state index contributed by atoms with van der Waals surface area (Å²) >= 11 is 0. The molecule has 0 bridgehead atoms. The molecule has 0 radical (unpaired) electrons. The molecule has 0 saturated heterocycles. The molecule has 1 aliphatic rings. The highest BCUT2D eigenvalue weighted by atomic mass is 19.1. The summed E-state index contributed by atoms with van der Waals surface area (Å²) in [6, 6.07) is 24.2. The van der Waals surface area contributed by atoms with E-state index < -0.39 is 17.1 Å². The molecular weight excluding hydrogens is 507 g/mol. The van der Waals surface area contributed by atoms with Crippen LogP contribution in [0.1, 0.15) is 18.5 Å². The molecule has 2 heterocycles. The number of hydrogen-bond donors (Lipinski definition) is 2. The average molecular weight is 533 g/mol. The first-order valence-corrected chi connectivity index (χ1v) is 12.9. The van der Waals surface area contributed by atoms with Crippen molar-refractivity contribution in [2.24, 2.45) is 5.41 Å². The van der Waals surface area contributed by atoms with Crippen LogP contribution in [-0.2, 0) is 9.59 Å². The van der Waals surface area contributed by atoms with Gasteiger partial charge in [0.05, 0.1) is 5.52 Å². The van der Waals surface area contributed by atoms with Gasteiger partial charge in [0.15, 0.2) is 0 Å². The standard InChI is InChI=1S/C32H25FN4O3/c1-20-2-3-22(19-35-20)21-4-13-27-28(18-21)34-17-14-29(27)40-26-11-9-25(10-12-26)37-31(39)32(15-16-32)30(38)36-24-7-5-23(33)6-8-24/h2-14,17-19H,15-16H2,1H3,(H,36,38)(H,37,39). The number of nitrogens with zero attached hydrogens (tertiary/aromatic N) is 2. The van der Waals surface area contributed by atoms with Crippen LogP contribution in [0, 0.1) is 18.2 Å². The summed E-state index contributed by atoms with van der Waals surface area (Å²) in [7, 11) is 0. The van der Waals surface area contributed by atoms with Crippen LogP contribution in [0.5, 0.6) is 11.5 Å². The molecule has 40 heavy (non-hydrogen) atoms. The lowest BCUT2D eigenvalue weighted by Gasteiger charge is -2.16. The molecule has 2 amide bonds. The minimum absolute atomic E-state index is 0.375. The normalized spacial score (nSPS) is 13.4. The van der Waals surface area contributed by atoms with Gasteiger partial charge in [-0.15, -0.1) is 0 Å². The number of halogens is 1. The van der Waals surface area contributed by atoms with Crippen molar-refractivity contribution in [3.63, 3.8) is 0 Å². The molecule has 1 fully saturated rings. The number of amides is 2. The summed E-state index contributed by atoms with van der Waals surface area (Å²) in [4.78, 5) is 34.7. The summed E-state index contributed by atoms with van der Waals surface area (Å²) in [6.45, 7) is 1.95. The Bertz CT molecular complexity index is 1720. The highest BCUT2D eigenvalue weighted by molar-refractivity contribution is 6.16. The molecule has 198 valence electrons. The Hall–Kier alpha value is -5.11. The molecule has 6 rings (SSSR count). The lowest BCUT2D eigenvalue weighted by Crippen LogP contribution is -2.35. The summed E-state index contributed by atoms with van der Waals surface area (Å²) < 4.78 is 19.3. The van der Waals surface area contributed by atoms with Crippen molar-refractivity contribution in [3.8, 4) is 22.6 Å². The Labute approximate surface area is 230 Å². The smallest absolute Gasteiger partial charge is 0.240 e. The lowest BCUT2D eigenvalue weighted by atomic mass is 10.0. The zero-order valence-electron chi connectivity index (χ0n) is 21.6. The fourth-order valence-corrected chi connectivity index (χ4v) is 4.48. The summed E-state index contributed by atoms with van der Waals surface area (Å²) in [5.41, 5.74) is 3.65. The molecule has 0 atom stereocenters. The minimum atomic E-state index is -1.13. The highest BCUT2D eigenvalue weighted by Gasteiger charge is 2.56. The van der Waals surface area contributed by atoms with Gasteiger partial charge in [0.1, 0.15) is 22.7 Å². The molecule has 0 unspecified atom stereocenters. The third kappa shape index (κ3) is 5.11. The van der Waals surface area contributed by atoms with E-state index in [4.69, 9.17) is 4.74 Å². The van der Waals surface area contributed by atoms with Crippen LogP contribution in [0.2, 0.25) is 0 Å². The van der Waals surface area contributed by atoms with E-state index in [0.717, 1.165) is 27.7 Å². The van der Waals surface area contributed by atoms with E-state index in [-0.39, 0.29) is 5.91 Å². The van der Waals surface area contributed by atoms with Crippen LogP contribution in [-0.4, -0.2) is 21.8 Å². The Kier molecular flexibility index (Phi) is 6.43. The van der Waals surface area contributed by atoms with Crippen LogP contribution in [0.3, 0.4) is 0 Å². The van der Waals surface area contributed by atoms with Gasteiger partial charge in [0.25, 0.3) is 0 Å². The second-order valence-electron chi connectivity index (χ2n) is 9.85. The van der Waals surface area contributed by atoms with Crippen molar-refractivity contribution >= 4 is 34.1 Å². The van der Waals surface area contributed by atoms with Gasteiger partial charge < -0.3 is 15.4 Å². The number of nitrogens with one attached hydrogen (secondary N) is 2. The van der Waals surface area contributed by atoms with Crippen molar-refractivity contribution in [3.05, 3.63) is 109 Å². The lowest BCUT2D eigenvalue weighted by molar-refractivity contribution is -0.131. The molecule has 2 aromatic heterocycles. The van der Waals surface area contributed by atoms with Gasteiger partial charge in [-0.05, 0) is 98.1 Å². The molecule has 3 aromatic carbocycles. The predicted octanol–water partition coefficient (Wildman–Crippen LogP) is 6.89. The van der Waals surface area contributed by atoms with Crippen molar-refractivity contribution in [1.82, 2.24) is 9.97 Å². The Balaban J connectivity index is 1.13. The van der Waals surface area contributed by atoms with Crippen LogP contribution >= 0.6 is 0 Å². The molecular formula is C32H25FN4O3. The van der Waals surface area contributed by atoms with E-state index in [2.05, 4.69) is 20.6 Å². The molecule has 8 heteroatoms. The second-order valence-corrected chi connectivity index (χ2v) is 9.85. The number of benzene rings is 3. The fraction of sp³-hybridized carbons (Fsp3) is 0.125. The second kappa shape index (κ2) is 10.2. The first-order valence-electron chi connectivity index (χ1n) is 12.9. The first kappa shape index (κ1) is 25.2. The van der Waals surface area contributed by atoms with Crippen LogP contribution in [0.4, 0.5) is 15.8 Å². The molecule has 1 saturated carbocycles. The van der Waals surface area contributed by atoms with Gasteiger partial charge in [-0.1, -0.05) is 12.1 Å². The largest absolute Gasteiger partial charge is 0.457 e. The van der Waals surface area contributed by atoms with Crippen molar-refractivity contribution in [1.29, 1.82) is 0 Å². The molecule has 5 aromatic rings. The van der Waals surface area contributed by atoms with Crippen molar-refractivity contribution in [2.45, 2.75) is 19.8 Å². The monoisotopic (exact) mass is 532 g/mol. The quantitative estimate of drug-likeness (QED) is 0.223. The highest BCUT2D eigenvalue weighted by Crippen LogP contribution is 2.47. The summed E-state index contributed by atoms with van der Waals surface area (Å²) in [5, 5.41) is 6.41. The van der Waals surface area contributed by atoms with Gasteiger partial charge in [0, 0.05) is 40.4 Å². The van der Waals surface area contributed by atoms with Crippen LogP contribution in [0.25, 0.3) is 22.0 Å². The number of rotatable bonds is 7. The van der Waals surface area contributed by atoms with Crippen molar-refractivity contribution in [2.75, 3.05) is 10.6 Å². The molecule has 2 N–H and O–H groups in total. The van der Waals surface area contributed by atoms with E-state index in [1.807, 2.05) is 49.5 Å². The van der Waals surface area contributed by atoms with Gasteiger partial charge in [-0.3, -0.25) is 19.6 Å². The van der Waals surface area contributed by atoms with Crippen LogP contribution in [0.15, 0.2) is 97.3 Å². The maximum absolute atomic E-state index is 13.2. The third-order valence-electron chi connectivity index (χ3n) is 7.01. The van der Waals surface area contributed by atoms with E-state index in [0.29, 0.717) is 35.7 Å². The van der Waals surface area contributed by atoms with Gasteiger partial charge in [-0.2, -0.15) is 0 Å². The number of pyridine rings is 2. The molecule has 0 spiro atoms. The minimum Gasteiger partial charge on any atom is -0.457 e. The summed E-state index contributed by atoms with van der Waals surface area (Å²) in [5.74, 6) is 0.0760. The zero-order valence-corrected chi connectivity index (χ0v) is 21.6. The summed E-state index contributed by atoms with van der Waals surface area (Å²) in [6.07, 6.45) is 4.45. The van der Waals surface area contributed by atoms with E-state index in [1.54, 1.807) is 30.5 Å². The Morgan fingerprint density at radius 3 is 2.08 bits per heavy atom. The number of hydrogen-bond acceptors (Lipinski definition) is 5. The van der Waals surface area contributed by atoms with E-state index in [1.165, 1.54) is 24.3 Å². The van der Waals surface area contributed by atoms with E-state index >= 15 is 0 Å². The van der Waals surface area contributed by atoms with Gasteiger partial charge in [0.2, 0.25) is 11.8 Å². The number of aromatic nitrogens is 2. The fourth-order valence-electron chi connectivity index (χ4n) is 4.48. The first-order chi connectivity index (χ1) is 19.4. The Morgan fingerprint density at radius 2 is 1.45 bits per heavy atom. The van der Waals surface area contributed by atoms with E-state index in [9.17, 15) is 14.0 Å². The van der Waals surface area contributed by atoms with Crippen molar-refractivity contribution < 1.29 is 18.7 Å². The maximum Gasteiger partial charge on any atom is 0.240 e. The molecule has 0 aliphatic heterocycles. The number of anilines is 2. The van der Waals surface area contributed by atoms with Crippen LogP contribution < -0.4 is 15.4 Å². The zero-order chi connectivity index (χ0) is 27.7. The molecule has 7 nitrogen and oxygen atoms in total. The number of fused-ring (bicyclic) bond motifs is 1. The maximum atomic E-state index is 13.2. The van der Waals surface area contributed by atoms with Gasteiger partial charge >= 0.3 is 0 Å². The number of ether oxygens (including phenoxy) is 1. The van der Waals surface area contributed by atoms with Gasteiger partial charge in [-0.25, -0.2) is 4.39 Å². The topological polar surface area (TPSA) is 93.2 Å². The number of aryl methyl sites for hydroxylation is 1. The number of carbonyl (C=O) groups excluding carboxylic acids is 2.